The number of aromatic amines is 1. The monoisotopic (exact) mass is 302 g/mol. The first kappa shape index (κ1) is 16.0. The maximum Gasteiger partial charge on any atom is 0.239 e. The van der Waals surface area contributed by atoms with Gasteiger partial charge in [0.2, 0.25) is 11.8 Å². The summed E-state index contributed by atoms with van der Waals surface area (Å²) in [6.07, 6.45) is 0. The number of carbonyl (C=O) groups is 2. The standard InChI is InChI=1S/C16H22N4O2/c1-10(14-19-11-7-5-6-8-12(11)20-14)18-13(21)9-17-15(22)16(2,3)4/h5-8,10H,9H2,1-4H3,(H,17,22)(H,18,21)(H,19,20). The fraction of sp³-hybridized carbons (Fsp3) is 0.438. The summed E-state index contributed by atoms with van der Waals surface area (Å²) in [6.45, 7) is 7.22. The molecule has 0 bridgehead atoms. The second-order valence-corrected chi connectivity index (χ2v) is 6.36. The Morgan fingerprint density at radius 2 is 1.95 bits per heavy atom. The molecule has 118 valence electrons. The zero-order chi connectivity index (χ0) is 16.3. The lowest BCUT2D eigenvalue weighted by molar-refractivity contribution is -0.131. The molecule has 0 aliphatic carbocycles. The SMILES string of the molecule is CC(NC(=O)CNC(=O)C(C)(C)C)c1nc2ccccc2[nH]1. The van der Waals surface area contributed by atoms with Crippen LogP contribution in [0.3, 0.4) is 0 Å². The molecule has 6 heteroatoms. The largest absolute Gasteiger partial charge is 0.347 e. The molecular weight excluding hydrogens is 280 g/mol. The van der Waals surface area contributed by atoms with Crippen LogP contribution in [0.15, 0.2) is 24.3 Å². The molecule has 0 saturated carbocycles. The second-order valence-electron chi connectivity index (χ2n) is 6.36. The van der Waals surface area contributed by atoms with Gasteiger partial charge in [-0.25, -0.2) is 4.98 Å². The van der Waals surface area contributed by atoms with E-state index in [2.05, 4.69) is 20.6 Å². The highest BCUT2D eigenvalue weighted by Crippen LogP contribution is 2.15. The first-order valence-corrected chi connectivity index (χ1v) is 7.29. The lowest BCUT2D eigenvalue weighted by Crippen LogP contribution is -2.42. The highest BCUT2D eigenvalue weighted by atomic mass is 16.2. The summed E-state index contributed by atoms with van der Waals surface area (Å²) in [5.74, 6) is 0.293. The molecule has 0 saturated heterocycles. The van der Waals surface area contributed by atoms with E-state index in [1.54, 1.807) is 20.8 Å². The van der Waals surface area contributed by atoms with Gasteiger partial charge in [-0.1, -0.05) is 32.9 Å². The number of hydrogen-bond acceptors (Lipinski definition) is 3. The summed E-state index contributed by atoms with van der Waals surface area (Å²) < 4.78 is 0. The number of imidazole rings is 1. The molecule has 6 nitrogen and oxygen atoms in total. The van der Waals surface area contributed by atoms with Crippen molar-refractivity contribution in [1.29, 1.82) is 0 Å². The molecule has 1 heterocycles. The Balaban J connectivity index is 1.92. The van der Waals surface area contributed by atoms with Gasteiger partial charge in [0.15, 0.2) is 0 Å². The average molecular weight is 302 g/mol. The van der Waals surface area contributed by atoms with Gasteiger partial charge in [0.1, 0.15) is 5.82 Å². The second kappa shape index (κ2) is 6.17. The molecule has 0 spiro atoms. The van der Waals surface area contributed by atoms with Gasteiger partial charge in [-0.15, -0.1) is 0 Å². The number of hydrogen-bond donors (Lipinski definition) is 3. The topological polar surface area (TPSA) is 86.9 Å². The lowest BCUT2D eigenvalue weighted by Gasteiger charge is -2.18. The van der Waals surface area contributed by atoms with Gasteiger partial charge in [0.25, 0.3) is 0 Å². The molecule has 22 heavy (non-hydrogen) atoms. The molecule has 0 fully saturated rings. The van der Waals surface area contributed by atoms with Gasteiger partial charge in [-0.2, -0.15) is 0 Å². The smallest absolute Gasteiger partial charge is 0.239 e. The van der Waals surface area contributed by atoms with Gasteiger partial charge in [0, 0.05) is 5.41 Å². The van der Waals surface area contributed by atoms with Gasteiger partial charge in [-0.3, -0.25) is 9.59 Å². The summed E-state index contributed by atoms with van der Waals surface area (Å²) in [4.78, 5) is 31.3. The minimum absolute atomic E-state index is 0.0410. The number of aromatic nitrogens is 2. The van der Waals surface area contributed by atoms with Crippen LogP contribution >= 0.6 is 0 Å². The fourth-order valence-corrected chi connectivity index (χ4v) is 1.96. The number of amides is 2. The molecule has 3 N–H and O–H groups in total. The minimum atomic E-state index is -0.509. The van der Waals surface area contributed by atoms with E-state index in [-0.39, 0.29) is 24.4 Å². The number of nitrogens with zero attached hydrogens (tertiary/aromatic N) is 1. The summed E-state index contributed by atoms with van der Waals surface area (Å²) in [5, 5.41) is 5.44. The summed E-state index contributed by atoms with van der Waals surface area (Å²) in [5.41, 5.74) is 1.28. The lowest BCUT2D eigenvalue weighted by atomic mass is 9.96. The van der Waals surface area contributed by atoms with Crippen LogP contribution in [0.2, 0.25) is 0 Å². The number of H-pyrrole nitrogens is 1. The third-order valence-electron chi connectivity index (χ3n) is 3.29. The van der Waals surface area contributed by atoms with Gasteiger partial charge in [0.05, 0.1) is 23.6 Å². The Hall–Kier alpha value is -2.37. The van der Waals surface area contributed by atoms with Crippen molar-refractivity contribution < 1.29 is 9.59 Å². The van der Waals surface area contributed by atoms with Crippen LogP contribution in [-0.2, 0) is 9.59 Å². The summed E-state index contributed by atoms with van der Waals surface area (Å²) in [7, 11) is 0. The Morgan fingerprint density at radius 1 is 1.27 bits per heavy atom. The first-order chi connectivity index (χ1) is 10.3. The van der Waals surface area contributed by atoms with Crippen LogP contribution in [0.5, 0.6) is 0 Å². The highest BCUT2D eigenvalue weighted by molar-refractivity contribution is 5.87. The van der Waals surface area contributed by atoms with E-state index < -0.39 is 5.41 Å². The maximum absolute atomic E-state index is 11.9. The molecule has 0 aliphatic rings. The van der Waals surface area contributed by atoms with Crippen LogP contribution in [0.25, 0.3) is 11.0 Å². The van der Waals surface area contributed by atoms with E-state index in [1.807, 2.05) is 31.2 Å². The Bertz CT molecular complexity index is 652. The average Bonchev–Trinajstić information content (AvgIpc) is 2.87. The van der Waals surface area contributed by atoms with Crippen molar-refractivity contribution in [2.45, 2.75) is 33.7 Å². The van der Waals surface area contributed by atoms with Crippen molar-refractivity contribution in [2.75, 3.05) is 6.54 Å². The molecule has 2 amide bonds. The summed E-state index contributed by atoms with van der Waals surface area (Å²) in [6, 6.07) is 7.43. The van der Waals surface area contributed by atoms with E-state index in [0.717, 1.165) is 11.0 Å². The van der Waals surface area contributed by atoms with Crippen molar-refractivity contribution in [3.8, 4) is 0 Å². The highest BCUT2D eigenvalue weighted by Gasteiger charge is 2.22. The van der Waals surface area contributed by atoms with Crippen LogP contribution in [0, 0.1) is 5.41 Å². The number of para-hydroxylation sites is 2. The molecule has 2 aromatic rings. The van der Waals surface area contributed by atoms with E-state index in [0.29, 0.717) is 5.82 Å². The first-order valence-electron chi connectivity index (χ1n) is 7.29. The van der Waals surface area contributed by atoms with E-state index >= 15 is 0 Å². The van der Waals surface area contributed by atoms with Crippen molar-refractivity contribution in [3.63, 3.8) is 0 Å². The molecule has 2 rings (SSSR count). The minimum Gasteiger partial charge on any atom is -0.347 e. The van der Waals surface area contributed by atoms with E-state index in [4.69, 9.17) is 0 Å². The fourth-order valence-electron chi connectivity index (χ4n) is 1.96. The van der Waals surface area contributed by atoms with Crippen LogP contribution in [0.1, 0.15) is 39.6 Å². The predicted octanol–water partition coefficient (Wildman–Crippen LogP) is 1.90. The van der Waals surface area contributed by atoms with Crippen molar-refractivity contribution in [2.24, 2.45) is 5.41 Å². The van der Waals surface area contributed by atoms with E-state index in [9.17, 15) is 9.59 Å². The molecule has 0 radical (unpaired) electrons. The zero-order valence-electron chi connectivity index (χ0n) is 13.4. The van der Waals surface area contributed by atoms with Crippen molar-refractivity contribution in [1.82, 2.24) is 20.6 Å². The Labute approximate surface area is 129 Å². The summed E-state index contributed by atoms with van der Waals surface area (Å²) >= 11 is 0. The molecule has 1 atom stereocenters. The number of fused-ring (bicyclic) bond motifs is 1. The third kappa shape index (κ3) is 3.84. The van der Waals surface area contributed by atoms with Crippen molar-refractivity contribution >= 4 is 22.8 Å². The number of nitrogens with one attached hydrogen (secondary N) is 3. The normalized spacial score (nSPS) is 12.9. The van der Waals surface area contributed by atoms with Crippen LogP contribution in [-0.4, -0.2) is 28.3 Å². The van der Waals surface area contributed by atoms with Crippen LogP contribution in [0.4, 0.5) is 0 Å². The maximum atomic E-state index is 11.9. The zero-order valence-corrected chi connectivity index (χ0v) is 13.4. The number of rotatable bonds is 4. The predicted molar refractivity (Wildman–Crippen MR) is 85.1 cm³/mol. The van der Waals surface area contributed by atoms with Gasteiger partial charge < -0.3 is 15.6 Å². The Kier molecular flexibility index (Phi) is 4.49. The van der Waals surface area contributed by atoms with Crippen molar-refractivity contribution in [3.05, 3.63) is 30.1 Å². The van der Waals surface area contributed by atoms with Gasteiger partial charge in [-0.05, 0) is 19.1 Å². The third-order valence-corrected chi connectivity index (χ3v) is 3.29. The number of carbonyl (C=O) groups excluding carboxylic acids is 2. The Morgan fingerprint density at radius 3 is 2.59 bits per heavy atom. The molecule has 0 aliphatic heterocycles. The molecule has 1 unspecified atom stereocenters. The molecular formula is C16H22N4O2. The van der Waals surface area contributed by atoms with E-state index in [1.165, 1.54) is 0 Å². The van der Waals surface area contributed by atoms with Crippen LogP contribution < -0.4 is 10.6 Å². The number of benzene rings is 1. The molecule has 1 aromatic heterocycles. The van der Waals surface area contributed by atoms with Gasteiger partial charge >= 0.3 is 0 Å². The molecule has 1 aromatic carbocycles. The quantitative estimate of drug-likeness (QED) is 0.806.